The highest BCUT2D eigenvalue weighted by atomic mass is 127. The van der Waals surface area contributed by atoms with E-state index in [2.05, 4.69) is 15.6 Å². The molecule has 0 unspecified atom stereocenters. The summed E-state index contributed by atoms with van der Waals surface area (Å²) in [6, 6.07) is 11.6. The summed E-state index contributed by atoms with van der Waals surface area (Å²) < 4.78 is 32.2. The number of ether oxygens (including phenoxy) is 1. The third-order valence-corrected chi connectivity index (χ3v) is 4.78. The summed E-state index contributed by atoms with van der Waals surface area (Å²) in [5.74, 6) is 0.251. The number of nitrogens with one attached hydrogen (secondary N) is 2. The number of rotatable bonds is 6. The van der Waals surface area contributed by atoms with Gasteiger partial charge in [0.1, 0.15) is 5.82 Å². The molecule has 1 aliphatic carbocycles. The predicted molar refractivity (Wildman–Crippen MR) is 114 cm³/mol. The third-order valence-electron chi connectivity index (χ3n) is 4.78. The zero-order chi connectivity index (χ0) is 18.6. The van der Waals surface area contributed by atoms with Crippen molar-refractivity contribution in [2.75, 3.05) is 20.7 Å². The molecule has 146 valence electrons. The van der Waals surface area contributed by atoms with Crippen LogP contribution in [-0.4, -0.2) is 26.7 Å². The van der Waals surface area contributed by atoms with E-state index >= 15 is 0 Å². The molecule has 4 nitrogen and oxygen atoms in total. The molecule has 0 bridgehead atoms. The highest BCUT2D eigenvalue weighted by molar-refractivity contribution is 14.0. The molecule has 7 heteroatoms. The molecule has 0 aromatic heterocycles. The molecule has 2 aromatic carbocycles. The Kier molecular flexibility index (Phi) is 7.41. The Morgan fingerprint density at radius 2 is 1.93 bits per heavy atom. The lowest BCUT2D eigenvalue weighted by molar-refractivity contribution is 0.386. The van der Waals surface area contributed by atoms with E-state index in [1.54, 1.807) is 31.3 Å². The second-order valence-electron chi connectivity index (χ2n) is 6.54. The van der Waals surface area contributed by atoms with Gasteiger partial charge in [0.25, 0.3) is 0 Å². The Morgan fingerprint density at radius 3 is 2.52 bits per heavy atom. The smallest absolute Gasteiger partial charge is 0.191 e. The minimum Gasteiger partial charge on any atom is -0.494 e. The van der Waals surface area contributed by atoms with E-state index in [4.69, 9.17) is 4.74 Å². The maximum atomic E-state index is 13.8. The first-order chi connectivity index (χ1) is 12.6. The number of methoxy groups -OCH3 is 1. The first kappa shape index (κ1) is 21.4. The first-order valence-corrected chi connectivity index (χ1v) is 8.59. The van der Waals surface area contributed by atoms with Crippen LogP contribution in [0.15, 0.2) is 47.5 Å². The average molecular weight is 487 g/mol. The quantitative estimate of drug-likeness (QED) is 0.368. The molecular formula is C20H24F2IN3O. The van der Waals surface area contributed by atoms with Crippen molar-refractivity contribution in [1.29, 1.82) is 0 Å². The predicted octanol–water partition coefficient (Wildman–Crippen LogP) is 3.99. The van der Waals surface area contributed by atoms with Gasteiger partial charge in [0.2, 0.25) is 0 Å². The summed E-state index contributed by atoms with van der Waals surface area (Å²) in [7, 11) is 3.13. The zero-order valence-corrected chi connectivity index (χ0v) is 17.7. The van der Waals surface area contributed by atoms with E-state index in [9.17, 15) is 8.78 Å². The fourth-order valence-corrected chi connectivity index (χ4v) is 3.02. The summed E-state index contributed by atoms with van der Waals surface area (Å²) in [5, 5.41) is 6.47. The van der Waals surface area contributed by atoms with E-state index in [1.807, 2.05) is 6.07 Å². The first-order valence-electron chi connectivity index (χ1n) is 8.59. The van der Waals surface area contributed by atoms with Crippen molar-refractivity contribution in [1.82, 2.24) is 10.6 Å². The van der Waals surface area contributed by atoms with Crippen LogP contribution >= 0.6 is 24.0 Å². The maximum absolute atomic E-state index is 13.8. The molecule has 1 fully saturated rings. The van der Waals surface area contributed by atoms with Crippen LogP contribution in [0.3, 0.4) is 0 Å². The van der Waals surface area contributed by atoms with Crippen LogP contribution in [0.25, 0.3) is 0 Å². The SMILES string of the molecule is CN=C(NCc1ccc(OC)c(F)c1)NCC1(c2cccc(F)c2)CC1.I. The Bertz CT molecular complexity index is 810. The summed E-state index contributed by atoms with van der Waals surface area (Å²) >= 11 is 0. The standard InChI is InChI=1S/C20H23F2N3O.HI/c1-23-19(24-12-14-6-7-18(26-2)17(22)10-14)25-13-20(8-9-20)15-4-3-5-16(21)11-15;/h3-7,10-11H,8-9,12-13H2,1-2H3,(H2,23,24,25);1H. The lowest BCUT2D eigenvalue weighted by Gasteiger charge is -2.19. The van der Waals surface area contributed by atoms with Crippen LogP contribution in [0.5, 0.6) is 5.75 Å². The molecule has 0 amide bonds. The number of hydrogen-bond acceptors (Lipinski definition) is 2. The Labute approximate surface area is 175 Å². The second kappa shape index (κ2) is 9.34. The highest BCUT2D eigenvalue weighted by Gasteiger charge is 2.44. The van der Waals surface area contributed by atoms with Gasteiger partial charge >= 0.3 is 0 Å². The van der Waals surface area contributed by atoms with Gasteiger partial charge < -0.3 is 15.4 Å². The molecule has 0 saturated heterocycles. The number of benzene rings is 2. The van der Waals surface area contributed by atoms with Gasteiger partial charge in [-0.2, -0.15) is 0 Å². The van der Waals surface area contributed by atoms with Gasteiger partial charge in [-0.25, -0.2) is 8.78 Å². The fraction of sp³-hybridized carbons (Fsp3) is 0.350. The van der Waals surface area contributed by atoms with Gasteiger partial charge in [0.15, 0.2) is 17.5 Å². The molecular weight excluding hydrogens is 463 g/mol. The van der Waals surface area contributed by atoms with Gasteiger partial charge in [0, 0.05) is 25.6 Å². The number of halogens is 3. The molecule has 1 aliphatic rings. The Balaban J connectivity index is 0.00000261. The van der Waals surface area contributed by atoms with Crippen LogP contribution in [0.4, 0.5) is 8.78 Å². The second-order valence-corrected chi connectivity index (χ2v) is 6.54. The number of nitrogens with zero attached hydrogens (tertiary/aromatic N) is 1. The normalized spacial score (nSPS) is 14.9. The highest BCUT2D eigenvalue weighted by Crippen LogP contribution is 2.47. The van der Waals surface area contributed by atoms with Gasteiger partial charge in [0.05, 0.1) is 7.11 Å². The van der Waals surface area contributed by atoms with E-state index in [1.165, 1.54) is 19.2 Å². The van der Waals surface area contributed by atoms with Crippen LogP contribution in [-0.2, 0) is 12.0 Å². The van der Waals surface area contributed by atoms with Crippen molar-refractivity contribution in [2.24, 2.45) is 4.99 Å². The molecule has 2 N–H and O–H groups in total. The molecule has 27 heavy (non-hydrogen) atoms. The molecule has 2 aromatic rings. The zero-order valence-electron chi connectivity index (χ0n) is 15.4. The monoisotopic (exact) mass is 487 g/mol. The lowest BCUT2D eigenvalue weighted by Crippen LogP contribution is -2.40. The Hall–Kier alpha value is -1.90. The van der Waals surface area contributed by atoms with Crippen molar-refractivity contribution in [2.45, 2.75) is 24.8 Å². The van der Waals surface area contributed by atoms with Crippen molar-refractivity contribution in [3.63, 3.8) is 0 Å². The van der Waals surface area contributed by atoms with Crippen molar-refractivity contribution < 1.29 is 13.5 Å². The summed E-state index contributed by atoms with van der Waals surface area (Å²) in [5.41, 5.74) is 1.77. The van der Waals surface area contributed by atoms with Gasteiger partial charge in [-0.15, -0.1) is 24.0 Å². The maximum Gasteiger partial charge on any atom is 0.191 e. The molecule has 0 aliphatic heterocycles. The van der Waals surface area contributed by atoms with Gasteiger partial charge in [-0.05, 0) is 48.2 Å². The van der Waals surface area contributed by atoms with Crippen LogP contribution in [0.1, 0.15) is 24.0 Å². The summed E-state index contributed by atoms with van der Waals surface area (Å²) in [6.07, 6.45) is 2.04. The third kappa shape index (κ3) is 5.31. The van der Waals surface area contributed by atoms with Crippen molar-refractivity contribution in [3.8, 4) is 5.75 Å². The lowest BCUT2D eigenvalue weighted by atomic mass is 9.96. The number of aliphatic imine (C=N–C) groups is 1. The van der Waals surface area contributed by atoms with E-state index in [-0.39, 0.29) is 41.0 Å². The minimum atomic E-state index is -0.391. The summed E-state index contributed by atoms with van der Waals surface area (Å²) in [4.78, 5) is 4.20. The van der Waals surface area contributed by atoms with E-state index in [0.717, 1.165) is 24.0 Å². The van der Waals surface area contributed by atoms with E-state index in [0.29, 0.717) is 19.0 Å². The van der Waals surface area contributed by atoms with Gasteiger partial charge in [-0.1, -0.05) is 18.2 Å². The minimum absolute atomic E-state index is 0. The summed E-state index contributed by atoms with van der Waals surface area (Å²) in [6.45, 7) is 1.11. The Morgan fingerprint density at radius 1 is 1.15 bits per heavy atom. The van der Waals surface area contributed by atoms with Gasteiger partial charge in [-0.3, -0.25) is 4.99 Å². The molecule has 3 rings (SSSR count). The molecule has 0 heterocycles. The number of guanidine groups is 1. The average Bonchev–Trinajstić information content (AvgIpc) is 3.43. The largest absolute Gasteiger partial charge is 0.494 e. The molecule has 0 radical (unpaired) electrons. The molecule has 0 atom stereocenters. The van der Waals surface area contributed by atoms with Crippen molar-refractivity contribution >= 4 is 29.9 Å². The van der Waals surface area contributed by atoms with Crippen LogP contribution < -0.4 is 15.4 Å². The van der Waals surface area contributed by atoms with Crippen LogP contribution in [0, 0.1) is 11.6 Å². The molecule has 0 spiro atoms. The topological polar surface area (TPSA) is 45.7 Å². The van der Waals surface area contributed by atoms with Crippen molar-refractivity contribution in [3.05, 3.63) is 65.2 Å². The number of hydrogen-bond donors (Lipinski definition) is 2. The molecule has 1 saturated carbocycles. The van der Waals surface area contributed by atoms with E-state index < -0.39 is 5.82 Å². The fourth-order valence-electron chi connectivity index (χ4n) is 3.02. The van der Waals surface area contributed by atoms with Crippen LogP contribution in [0.2, 0.25) is 0 Å².